The molecule has 6 nitrogen and oxygen atoms in total. The lowest BCUT2D eigenvalue weighted by molar-refractivity contribution is 0.160. The number of phenols is 1. The molecule has 0 aliphatic heterocycles. The second-order valence-electron chi connectivity index (χ2n) is 7.92. The van der Waals surface area contributed by atoms with E-state index in [0.29, 0.717) is 23.0 Å². The fraction of sp³-hybridized carbons (Fsp3) is 0.348. The quantitative estimate of drug-likeness (QED) is 0.469. The second-order valence-corrected chi connectivity index (χ2v) is 7.92. The summed E-state index contributed by atoms with van der Waals surface area (Å²) in [6, 6.07) is 14.2. The highest BCUT2D eigenvalue weighted by Gasteiger charge is 2.20. The number of fused-ring (bicyclic) bond motifs is 1. The van der Waals surface area contributed by atoms with Gasteiger partial charge in [0.2, 0.25) is 5.56 Å². The molecule has 29 heavy (non-hydrogen) atoms. The standard InChI is InChI=1S/C23H28N2O4/c1-23(2,12-11-15-5-4-6-16(13-15)29-3)24-14-20(27)17-7-9-19(26)22-18(17)8-10-21(28)25-22/h4-10,13,20,24,26-27H,11-12,14H2,1-3H3,(H,25,28). The maximum atomic E-state index is 11.6. The number of rotatable bonds is 8. The van der Waals surface area contributed by atoms with Crippen molar-refractivity contribution in [3.63, 3.8) is 0 Å². The molecule has 0 aliphatic rings. The highest BCUT2D eigenvalue weighted by atomic mass is 16.5. The number of hydrogen-bond donors (Lipinski definition) is 4. The molecule has 0 spiro atoms. The number of aromatic nitrogens is 1. The Morgan fingerprint density at radius 3 is 2.72 bits per heavy atom. The number of aliphatic hydroxyl groups excluding tert-OH is 1. The van der Waals surface area contributed by atoms with E-state index in [4.69, 9.17) is 4.74 Å². The topological polar surface area (TPSA) is 94.6 Å². The predicted molar refractivity (Wildman–Crippen MR) is 115 cm³/mol. The van der Waals surface area contributed by atoms with Crippen LogP contribution in [0.2, 0.25) is 0 Å². The molecular formula is C23H28N2O4. The maximum absolute atomic E-state index is 11.6. The smallest absolute Gasteiger partial charge is 0.248 e. The maximum Gasteiger partial charge on any atom is 0.248 e. The average Bonchev–Trinajstić information content (AvgIpc) is 2.71. The Balaban J connectivity index is 1.66. The summed E-state index contributed by atoms with van der Waals surface area (Å²) in [6.45, 7) is 4.56. The van der Waals surface area contributed by atoms with Crippen LogP contribution in [0.3, 0.4) is 0 Å². The number of aromatic amines is 1. The van der Waals surface area contributed by atoms with Gasteiger partial charge in [0, 0.05) is 23.5 Å². The zero-order valence-electron chi connectivity index (χ0n) is 17.0. The van der Waals surface area contributed by atoms with Gasteiger partial charge in [-0.1, -0.05) is 18.2 Å². The van der Waals surface area contributed by atoms with Crippen molar-refractivity contribution in [2.75, 3.05) is 13.7 Å². The van der Waals surface area contributed by atoms with Crippen LogP contribution in [0.15, 0.2) is 53.3 Å². The van der Waals surface area contributed by atoms with Crippen molar-refractivity contribution in [2.24, 2.45) is 0 Å². The predicted octanol–water partition coefficient (Wildman–Crippen LogP) is 3.28. The van der Waals surface area contributed by atoms with Crippen molar-refractivity contribution in [3.05, 3.63) is 70.0 Å². The molecule has 4 N–H and O–H groups in total. The minimum atomic E-state index is -0.778. The molecule has 1 aromatic heterocycles. The molecule has 1 heterocycles. The minimum Gasteiger partial charge on any atom is -0.506 e. The Kier molecular flexibility index (Phi) is 6.25. The van der Waals surface area contributed by atoms with Gasteiger partial charge in [-0.05, 0) is 62.1 Å². The van der Waals surface area contributed by atoms with Crippen molar-refractivity contribution < 1.29 is 14.9 Å². The van der Waals surface area contributed by atoms with Gasteiger partial charge < -0.3 is 25.3 Å². The second kappa shape index (κ2) is 8.68. The minimum absolute atomic E-state index is 0.0137. The summed E-state index contributed by atoms with van der Waals surface area (Å²) in [5.74, 6) is 0.834. The van der Waals surface area contributed by atoms with Gasteiger partial charge in [-0.3, -0.25) is 4.79 Å². The van der Waals surface area contributed by atoms with Crippen LogP contribution in [0.1, 0.15) is 37.5 Å². The van der Waals surface area contributed by atoms with Gasteiger partial charge in [0.25, 0.3) is 0 Å². The Bertz CT molecular complexity index is 1040. The fourth-order valence-electron chi connectivity index (χ4n) is 3.41. The molecule has 0 saturated heterocycles. The average molecular weight is 396 g/mol. The highest BCUT2D eigenvalue weighted by Crippen LogP contribution is 2.29. The normalized spacial score (nSPS) is 12.8. The third-order valence-corrected chi connectivity index (χ3v) is 5.21. The SMILES string of the molecule is COc1cccc(CCC(C)(C)NCC(O)c2ccc(O)c3[nH]c(=O)ccc23)c1. The summed E-state index contributed by atoms with van der Waals surface area (Å²) in [6.07, 6.45) is 0.993. The van der Waals surface area contributed by atoms with Gasteiger partial charge in [0.1, 0.15) is 11.5 Å². The summed E-state index contributed by atoms with van der Waals surface area (Å²) < 4.78 is 5.28. The lowest BCUT2D eigenvalue weighted by atomic mass is 9.94. The summed E-state index contributed by atoms with van der Waals surface area (Å²) in [5, 5.41) is 24.8. The molecule has 0 radical (unpaired) electrons. The number of β-amino-alcohol motifs (C(OH)–C–C–N with tert-alkyl or cyclic N) is 1. The van der Waals surface area contributed by atoms with E-state index in [9.17, 15) is 15.0 Å². The third-order valence-electron chi connectivity index (χ3n) is 5.21. The van der Waals surface area contributed by atoms with E-state index in [0.717, 1.165) is 18.6 Å². The number of ether oxygens (including phenoxy) is 1. The number of phenolic OH excluding ortho intramolecular Hbond substituents is 1. The zero-order chi connectivity index (χ0) is 21.0. The van der Waals surface area contributed by atoms with Crippen LogP contribution in [-0.4, -0.2) is 34.4 Å². The first-order valence-electron chi connectivity index (χ1n) is 9.70. The summed E-state index contributed by atoms with van der Waals surface area (Å²) >= 11 is 0. The van der Waals surface area contributed by atoms with E-state index in [1.54, 1.807) is 19.2 Å². The molecule has 1 atom stereocenters. The summed E-state index contributed by atoms with van der Waals surface area (Å²) in [4.78, 5) is 14.2. The number of aryl methyl sites for hydroxylation is 1. The molecule has 6 heteroatoms. The van der Waals surface area contributed by atoms with Crippen LogP contribution < -0.4 is 15.6 Å². The third kappa shape index (κ3) is 5.16. The van der Waals surface area contributed by atoms with Crippen molar-refractivity contribution in [1.29, 1.82) is 0 Å². The highest BCUT2D eigenvalue weighted by molar-refractivity contribution is 5.87. The lowest BCUT2D eigenvalue weighted by Gasteiger charge is -2.28. The van der Waals surface area contributed by atoms with Crippen LogP contribution in [-0.2, 0) is 6.42 Å². The van der Waals surface area contributed by atoms with E-state index < -0.39 is 6.10 Å². The molecule has 3 rings (SSSR count). The Morgan fingerprint density at radius 2 is 1.97 bits per heavy atom. The Morgan fingerprint density at radius 1 is 1.17 bits per heavy atom. The number of aromatic hydroxyl groups is 1. The molecule has 3 aromatic rings. The van der Waals surface area contributed by atoms with E-state index >= 15 is 0 Å². The van der Waals surface area contributed by atoms with E-state index in [2.05, 4.69) is 30.2 Å². The van der Waals surface area contributed by atoms with Gasteiger partial charge in [0.15, 0.2) is 0 Å². The van der Waals surface area contributed by atoms with Gasteiger partial charge in [-0.15, -0.1) is 0 Å². The van der Waals surface area contributed by atoms with Gasteiger partial charge in [-0.25, -0.2) is 0 Å². The Labute approximate surface area is 170 Å². The van der Waals surface area contributed by atoms with Gasteiger partial charge in [-0.2, -0.15) is 0 Å². The molecule has 2 aromatic carbocycles. The number of aliphatic hydroxyl groups is 1. The van der Waals surface area contributed by atoms with Crippen molar-refractivity contribution in [3.8, 4) is 11.5 Å². The van der Waals surface area contributed by atoms with E-state index in [1.807, 2.05) is 18.2 Å². The number of methoxy groups -OCH3 is 1. The lowest BCUT2D eigenvalue weighted by Crippen LogP contribution is -2.42. The first kappa shape index (κ1) is 20.9. The number of pyridine rings is 1. The molecule has 0 amide bonds. The number of benzene rings is 2. The monoisotopic (exact) mass is 396 g/mol. The number of H-pyrrole nitrogens is 1. The van der Waals surface area contributed by atoms with Gasteiger partial charge in [0.05, 0.1) is 18.7 Å². The molecule has 0 bridgehead atoms. The van der Waals surface area contributed by atoms with Crippen LogP contribution in [0.4, 0.5) is 0 Å². The molecule has 0 fully saturated rings. The van der Waals surface area contributed by atoms with Crippen LogP contribution in [0.5, 0.6) is 11.5 Å². The molecular weight excluding hydrogens is 368 g/mol. The summed E-state index contributed by atoms with van der Waals surface area (Å²) in [7, 11) is 1.66. The van der Waals surface area contributed by atoms with E-state index in [1.165, 1.54) is 17.7 Å². The van der Waals surface area contributed by atoms with Crippen LogP contribution in [0.25, 0.3) is 10.9 Å². The number of hydrogen-bond acceptors (Lipinski definition) is 5. The van der Waals surface area contributed by atoms with E-state index in [-0.39, 0.29) is 16.8 Å². The zero-order valence-corrected chi connectivity index (χ0v) is 17.0. The van der Waals surface area contributed by atoms with Crippen LogP contribution in [0, 0.1) is 0 Å². The molecule has 0 aliphatic carbocycles. The summed E-state index contributed by atoms with van der Waals surface area (Å²) in [5.41, 5.74) is 1.71. The molecule has 0 saturated carbocycles. The van der Waals surface area contributed by atoms with Crippen molar-refractivity contribution >= 4 is 10.9 Å². The first-order chi connectivity index (χ1) is 13.8. The molecule has 154 valence electrons. The number of nitrogens with one attached hydrogen (secondary N) is 2. The van der Waals surface area contributed by atoms with Gasteiger partial charge >= 0.3 is 0 Å². The molecule has 1 unspecified atom stereocenters. The fourth-order valence-corrected chi connectivity index (χ4v) is 3.41. The first-order valence-corrected chi connectivity index (χ1v) is 9.70. The Hall–Kier alpha value is -2.83. The van der Waals surface area contributed by atoms with Crippen LogP contribution >= 0.6 is 0 Å². The van der Waals surface area contributed by atoms with Crippen molar-refractivity contribution in [1.82, 2.24) is 10.3 Å². The largest absolute Gasteiger partial charge is 0.506 e. The van der Waals surface area contributed by atoms with Crippen molar-refractivity contribution in [2.45, 2.75) is 38.3 Å².